The Morgan fingerprint density at radius 2 is 2.08 bits per heavy atom. The highest BCUT2D eigenvalue weighted by molar-refractivity contribution is 7.13. The van der Waals surface area contributed by atoms with Crippen LogP contribution in [0.3, 0.4) is 0 Å². The highest BCUT2D eigenvalue weighted by Gasteiger charge is 2.14. The molecule has 8 heteroatoms. The summed E-state index contributed by atoms with van der Waals surface area (Å²) < 4.78 is 10.5. The van der Waals surface area contributed by atoms with Crippen LogP contribution in [0, 0.1) is 0 Å². The molecule has 0 saturated carbocycles. The number of hydrogen-bond donors (Lipinski definition) is 2. The van der Waals surface area contributed by atoms with Gasteiger partial charge in [0.15, 0.2) is 10.8 Å². The van der Waals surface area contributed by atoms with Crippen molar-refractivity contribution in [3.05, 3.63) is 47.7 Å². The van der Waals surface area contributed by atoms with E-state index in [0.29, 0.717) is 27.9 Å². The molecule has 128 valence electrons. The van der Waals surface area contributed by atoms with Crippen LogP contribution in [0.25, 0.3) is 10.8 Å². The molecule has 0 unspecified atom stereocenters. The van der Waals surface area contributed by atoms with Crippen LogP contribution in [0.15, 0.2) is 46.4 Å². The van der Waals surface area contributed by atoms with Crippen LogP contribution in [-0.4, -0.2) is 23.9 Å². The Hall–Kier alpha value is -3.13. The highest BCUT2D eigenvalue weighted by atomic mass is 32.1. The second-order valence-electron chi connectivity index (χ2n) is 5.07. The molecule has 7 nitrogen and oxygen atoms in total. The SMILES string of the molecule is COc1ccc(NC(=O)c2csc(-c3ccco3)n2)cc1NC(C)=O. The third-order valence-corrected chi connectivity index (χ3v) is 4.09. The Labute approximate surface area is 147 Å². The van der Waals surface area contributed by atoms with Gasteiger partial charge in [-0.25, -0.2) is 4.98 Å². The number of benzene rings is 1. The van der Waals surface area contributed by atoms with Crippen molar-refractivity contribution in [2.75, 3.05) is 17.7 Å². The minimum absolute atomic E-state index is 0.232. The number of hydrogen-bond acceptors (Lipinski definition) is 6. The number of carbonyl (C=O) groups is 2. The van der Waals surface area contributed by atoms with Gasteiger partial charge in [-0.1, -0.05) is 0 Å². The lowest BCUT2D eigenvalue weighted by atomic mass is 10.2. The van der Waals surface area contributed by atoms with Gasteiger partial charge in [0.05, 0.1) is 19.1 Å². The van der Waals surface area contributed by atoms with Gasteiger partial charge in [-0.3, -0.25) is 9.59 Å². The zero-order chi connectivity index (χ0) is 17.8. The van der Waals surface area contributed by atoms with Crippen molar-refractivity contribution >= 4 is 34.5 Å². The van der Waals surface area contributed by atoms with Gasteiger partial charge in [-0.05, 0) is 30.3 Å². The number of rotatable bonds is 5. The van der Waals surface area contributed by atoms with Crippen LogP contribution < -0.4 is 15.4 Å². The van der Waals surface area contributed by atoms with Gasteiger partial charge in [0.1, 0.15) is 11.4 Å². The molecule has 3 aromatic rings. The first-order valence-electron chi connectivity index (χ1n) is 7.33. The number of furan rings is 1. The van der Waals surface area contributed by atoms with E-state index in [-0.39, 0.29) is 17.5 Å². The van der Waals surface area contributed by atoms with Crippen molar-refractivity contribution in [3.8, 4) is 16.5 Å². The number of ether oxygens (including phenoxy) is 1. The lowest BCUT2D eigenvalue weighted by Crippen LogP contribution is -2.13. The molecule has 0 aliphatic carbocycles. The van der Waals surface area contributed by atoms with Crippen LogP contribution in [0.4, 0.5) is 11.4 Å². The number of thiazole rings is 1. The maximum atomic E-state index is 12.4. The number of carbonyl (C=O) groups excluding carboxylic acids is 2. The van der Waals surface area contributed by atoms with Crippen LogP contribution >= 0.6 is 11.3 Å². The standard InChI is InChI=1S/C17H15N3O4S/c1-10(21)18-12-8-11(5-6-14(12)23-2)19-16(22)13-9-25-17(20-13)15-4-3-7-24-15/h3-9H,1-2H3,(H,18,21)(H,19,22). The summed E-state index contributed by atoms with van der Waals surface area (Å²) in [7, 11) is 1.50. The monoisotopic (exact) mass is 357 g/mol. The molecule has 0 aliphatic heterocycles. The van der Waals surface area contributed by atoms with Crippen LogP contribution in [0.5, 0.6) is 5.75 Å². The molecule has 0 radical (unpaired) electrons. The first-order chi connectivity index (χ1) is 12.1. The summed E-state index contributed by atoms with van der Waals surface area (Å²) in [5, 5.41) is 7.70. The summed E-state index contributed by atoms with van der Waals surface area (Å²) in [4.78, 5) is 27.9. The second-order valence-corrected chi connectivity index (χ2v) is 5.92. The normalized spacial score (nSPS) is 10.3. The molecule has 0 atom stereocenters. The van der Waals surface area contributed by atoms with Gasteiger partial charge in [0.25, 0.3) is 5.91 Å². The largest absolute Gasteiger partial charge is 0.495 e. The molecular formula is C17H15N3O4S. The molecule has 1 aromatic carbocycles. The predicted molar refractivity (Wildman–Crippen MR) is 95.1 cm³/mol. The zero-order valence-corrected chi connectivity index (χ0v) is 14.3. The summed E-state index contributed by atoms with van der Waals surface area (Å²) in [6.07, 6.45) is 1.55. The molecular weight excluding hydrogens is 342 g/mol. The van der Waals surface area contributed by atoms with Crippen molar-refractivity contribution in [2.45, 2.75) is 6.92 Å². The van der Waals surface area contributed by atoms with Gasteiger partial charge in [-0.2, -0.15) is 0 Å². The lowest BCUT2D eigenvalue weighted by Gasteiger charge is -2.11. The summed E-state index contributed by atoms with van der Waals surface area (Å²) >= 11 is 1.32. The molecule has 3 rings (SSSR count). The van der Waals surface area contributed by atoms with Crippen LogP contribution in [-0.2, 0) is 4.79 Å². The van der Waals surface area contributed by atoms with Crippen LogP contribution in [0.1, 0.15) is 17.4 Å². The molecule has 2 amide bonds. The van der Waals surface area contributed by atoms with Crippen molar-refractivity contribution in [2.24, 2.45) is 0 Å². The van der Waals surface area contributed by atoms with Crippen molar-refractivity contribution in [3.63, 3.8) is 0 Å². The van der Waals surface area contributed by atoms with Gasteiger partial charge in [0.2, 0.25) is 5.91 Å². The molecule has 0 spiro atoms. The fraction of sp³-hybridized carbons (Fsp3) is 0.118. The first kappa shape index (κ1) is 16.7. The number of methoxy groups -OCH3 is 1. The average Bonchev–Trinajstić information content (AvgIpc) is 3.26. The predicted octanol–water partition coefficient (Wildman–Crippen LogP) is 3.62. The third kappa shape index (κ3) is 3.86. The highest BCUT2D eigenvalue weighted by Crippen LogP contribution is 2.29. The Bertz CT molecular complexity index is 903. The van der Waals surface area contributed by atoms with Crippen LogP contribution in [0.2, 0.25) is 0 Å². The van der Waals surface area contributed by atoms with E-state index in [1.807, 2.05) is 0 Å². The van der Waals surface area contributed by atoms with Gasteiger partial charge >= 0.3 is 0 Å². The fourth-order valence-corrected chi connectivity index (χ4v) is 2.93. The van der Waals surface area contributed by atoms with E-state index in [4.69, 9.17) is 9.15 Å². The topological polar surface area (TPSA) is 93.5 Å². The van der Waals surface area contributed by atoms with E-state index in [2.05, 4.69) is 15.6 Å². The van der Waals surface area contributed by atoms with Gasteiger partial charge < -0.3 is 19.8 Å². The van der Waals surface area contributed by atoms with Crippen molar-refractivity contribution < 1.29 is 18.7 Å². The minimum atomic E-state index is -0.354. The van der Waals surface area contributed by atoms with E-state index in [9.17, 15) is 9.59 Å². The maximum absolute atomic E-state index is 12.4. The molecule has 25 heavy (non-hydrogen) atoms. The maximum Gasteiger partial charge on any atom is 0.275 e. The molecule has 2 N–H and O–H groups in total. The van der Waals surface area contributed by atoms with Gasteiger partial charge in [0, 0.05) is 18.0 Å². The Balaban J connectivity index is 1.77. The zero-order valence-electron chi connectivity index (χ0n) is 13.5. The van der Waals surface area contributed by atoms with E-state index >= 15 is 0 Å². The van der Waals surface area contributed by atoms with E-state index in [1.54, 1.807) is 42.0 Å². The minimum Gasteiger partial charge on any atom is -0.495 e. The number of nitrogens with one attached hydrogen (secondary N) is 2. The van der Waals surface area contributed by atoms with E-state index in [1.165, 1.54) is 25.4 Å². The van der Waals surface area contributed by atoms with Crippen molar-refractivity contribution in [1.82, 2.24) is 4.98 Å². The average molecular weight is 357 g/mol. The molecule has 0 aliphatic rings. The van der Waals surface area contributed by atoms with E-state index < -0.39 is 0 Å². The Morgan fingerprint density at radius 3 is 2.76 bits per heavy atom. The molecule has 2 aromatic heterocycles. The lowest BCUT2D eigenvalue weighted by molar-refractivity contribution is -0.114. The molecule has 0 saturated heterocycles. The second kappa shape index (κ2) is 7.18. The summed E-state index contributed by atoms with van der Waals surface area (Å²) in [5.74, 6) is 0.528. The first-order valence-corrected chi connectivity index (χ1v) is 8.21. The van der Waals surface area contributed by atoms with Gasteiger partial charge in [-0.15, -0.1) is 11.3 Å². The smallest absolute Gasteiger partial charge is 0.275 e. The number of anilines is 2. The summed E-state index contributed by atoms with van der Waals surface area (Å²) in [5.41, 5.74) is 1.28. The molecule has 0 fully saturated rings. The fourth-order valence-electron chi connectivity index (χ4n) is 2.16. The van der Waals surface area contributed by atoms with E-state index in [0.717, 1.165) is 0 Å². The summed E-state index contributed by atoms with van der Waals surface area (Å²) in [6.45, 7) is 1.40. The third-order valence-electron chi connectivity index (χ3n) is 3.24. The van der Waals surface area contributed by atoms with Crippen molar-refractivity contribution in [1.29, 1.82) is 0 Å². The Morgan fingerprint density at radius 1 is 1.24 bits per heavy atom. The number of amides is 2. The molecule has 0 bridgehead atoms. The molecule has 2 heterocycles. The Kier molecular flexibility index (Phi) is 4.80. The summed E-state index contributed by atoms with van der Waals surface area (Å²) in [6, 6.07) is 8.51. The number of aromatic nitrogens is 1. The number of nitrogens with zero attached hydrogens (tertiary/aromatic N) is 1. The quantitative estimate of drug-likeness (QED) is 0.727.